The van der Waals surface area contributed by atoms with Crippen molar-refractivity contribution in [2.75, 3.05) is 12.4 Å². The Hall–Kier alpha value is -2.48. The largest absolute Gasteiger partial charge is 0.497 e. The first-order valence-corrected chi connectivity index (χ1v) is 9.61. The molecule has 1 aromatic heterocycles. The van der Waals surface area contributed by atoms with Crippen molar-refractivity contribution in [3.05, 3.63) is 64.0 Å². The molecule has 8 heteroatoms. The van der Waals surface area contributed by atoms with Crippen LogP contribution in [-0.4, -0.2) is 23.1 Å². The smallest absolute Gasteiger partial charge is 0.258 e. The quantitative estimate of drug-likeness (QED) is 0.590. The Labute approximate surface area is 171 Å². The molecule has 0 aliphatic heterocycles. The molecule has 0 fully saturated rings. The fourth-order valence-corrected chi connectivity index (χ4v) is 3.63. The van der Waals surface area contributed by atoms with Crippen LogP contribution in [0.3, 0.4) is 0 Å². The fourth-order valence-electron chi connectivity index (χ4n) is 2.33. The van der Waals surface area contributed by atoms with Crippen molar-refractivity contribution in [2.45, 2.75) is 6.92 Å². The average molecular weight is 418 g/mol. The van der Waals surface area contributed by atoms with Gasteiger partial charge >= 0.3 is 0 Å². The fraction of sp³-hybridized carbons (Fsp3) is 0.105. The number of thiazole rings is 1. The SMILES string of the molecule is COc1ccc(-c2csc(NC(=S)NC(=O)c3ccc(C)cc3Cl)n2)cc1. The van der Waals surface area contributed by atoms with Gasteiger partial charge in [0.05, 0.1) is 23.4 Å². The number of aromatic nitrogens is 1. The highest BCUT2D eigenvalue weighted by Gasteiger charge is 2.13. The number of ether oxygens (including phenoxy) is 1. The maximum absolute atomic E-state index is 12.3. The monoisotopic (exact) mass is 417 g/mol. The van der Waals surface area contributed by atoms with E-state index < -0.39 is 0 Å². The van der Waals surface area contributed by atoms with E-state index >= 15 is 0 Å². The number of thiocarbonyl (C=S) groups is 1. The van der Waals surface area contributed by atoms with Crippen molar-refractivity contribution >= 4 is 51.3 Å². The molecule has 5 nitrogen and oxygen atoms in total. The number of nitrogens with one attached hydrogen (secondary N) is 2. The third-order valence-electron chi connectivity index (χ3n) is 3.71. The lowest BCUT2D eigenvalue weighted by Crippen LogP contribution is -2.34. The predicted molar refractivity (Wildman–Crippen MR) is 114 cm³/mol. The van der Waals surface area contributed by atoms with Crippen molar-refractivity contribution < 1.29 is 9.53 Å². The van der Waals surface area contributed by atoms with Crippen molar-refractivity contribution in [3.63, 3.8) is 0 Å². The van der Waals surface area contributed by atoms with Gasteiger partial charge in [0.2, 0.25) is 0 Å². The minimum absolute atomic E-state index is 0.160. The normalized spacial score (nSPS) is 10.3. The summed E-state index contributed by atoms with van der Waals surface area (Å²) in [6.07, 6.45) is 0. The van der Waals surface area contributed by atoms with Crippen LogP contribution in [0.25, 0.3) is 11.3 Å². The van der Waals surface area contributed by atoms with E-state index in [0.717, 1.165) is 22.6 Å². The van der Waals surface area contributed by atoms with Gasteiger partial charge in [-0.05, 0) is 61.1 Å². The van der Waals surface area contributed by atoms with Crippen LogP contribution in [0.2, 0.25) is 5.02 Å². The summed E-state index contributed by atoms with van der Waals surface area (Å²) in [4.78, 5) is 16.8. The lowest BCUT2D eigenvalue weighted by Gasteiger charge is -2.08. The number of nitrogens with zero attached hydrogens (tertiary/aromatic N) is 1. The Morgan fingerprint density at radius 2 is 1.96 bits per heavy atom. The first-order chi connectivity index (χ1) is 13.0. The molecule has 0 spiro atoms. The van der Waals surface area contributed by atoms with Crippen LogP contribution in [0.4, 0.5) is 5.13 Å². The van der Waals surface area contributed by atoms with Crippen LogP contribution in [0.1, 0.15) is 15.9 Å². The number of aryl methyl sites for hydroxylation is 1. The first kappa shape index (κ1) is 19.3. The second-order valence-corrected chi connectivity index (χ2v) is 7.33. The van der Waals surface area contributed by atoms with Gasteiger partial charge < -0.3 is 10.1 Å². The third-order valence-corrected chi connectivity index (χ3v) is 4.98. The molecule has 2 N–H and O–H groups in total. The molecule has 0 radical (unpaired) electrons. The van der Waals surface area contributed by atoms with Gasteiger partial charge in [0.15, 0.2) is 10.2 Å². The third kappa shape index (κ3) is 4.82. The highest BCUT2D eigenvalue weighted by atomic mass is 35.5. The number of anilines is 1. The molecular formula is C19H16ClN3O2S2. The molecule has 0 aliphatic rings. The lowest BCUT2D eigenvalue weighted by atomic mass is 10.1. The summed E-state index contributed by atoms with van der Waals surface area (Å²) in [6, 6.07) is 12.8. The Kier molecular flexibility index (Phi) is 6.05. The van der Waals surface area contributed by atoms with Crippen LogP contribution in [-0.2, 0) is 0 Å². The highest BCUT2D eigenvalue weighted by molar-refractivity contribution is 7.80. The molecule has 3 aromatic rings. The number of carbonyl (C=O) groups is 1. The molecule has 27 heavy (non-hydrogen) atoms. The molecule has 1 heterocycles. The summed E-state index contributed by atoms with van der Waals surface area (Å²) in [7, 11) is 1.62. The molecule has 0 aliphatic carbocycles. The van der Waals surface area contributed by atoms with Gasteiger partial charge in [-0.15, -0.1) is 11.3 Å². The Morgan fingerprint density at radius 1 is 1.22 bits per heavy atom. The maximum Gasteiger partial charge on any atom is 0.258 e. The van der Waals surface area contributed by atoms with Crippen molar-refractivity contribution in [1.82, 2.24) is 10.3 Å². The number of rotatable bonds is 4. The van der Waals surface area contributed by atoms with Crippen LogP contribution >= 0.6 is 35.2 Å². The zero-order valence-corrected chi connectivity index (χ0v) is 17.0. The predicted octanol–water partition coefficient (Wildman–Crippen LogP) is 4.91. The first-order valence-electron chi connectivity index (χ1n) is 7.94. The van der Waals surface area contributed by atoms with Gasteiger partial charge in [0.1, 0.15) is 5.75 Å². The van der Waals surface area contributed by atoms with E-state index in [1.54, 1.807) is 19.2 Å². The second kappa shape index (κ2) is 8.47. The van der Waals surface area contributed by atoms with E-state index in [1.165, 1.54) is 11.3 Å². The number of carbonyl (C=O) groups excluding carboxylic acids is 1. The Morgan fingerprint density at radius 3 is 2.63 bits per heavy atom. The molecule has 2 aromatic carbocycles. The summed E-state index contributed by atoms with van der Waals surface area (Å²) in [5.41, 5.74) is 3.11. The van der Waals surface area contributed by atoms with Gasteiger partial charge in [0, 0.05) is 10.9 Å². The molecule has 1 amide bonds. The van der Waals surface area contributed by atoms with Gasteiger partial charge in [0.25, 0.3) is 5.91 Å². The van der Waals surface area contributed by atoms with Gasteiger partial charge in [-0.2, -0.15) is 0 Å². The standard InChI is InChI=1S/C19H16ClN3O2S2/c1-11-3-8-14(15(20)9-11)17(24)22-18(26)23-19-21-16(10-27-19)12-4-6-13(25-2)7-5-12/h3-10H,1-2H3,(H2,21,22,23,24,26). The molecular weight excluding hydrogens is 402 g/mol. The molecule has 0 unspecified atom stereocenters. The highest BCUT2D eigenvalue weighted by Crippen LogP contribution is 2.26. The minimum atomic E-state index is -0.371. The summed E-state index contributed by atoms with van der Waals surface area (Å²) < 4.78 is 5.15. The number of amides is 1. The van der Waals surface area contributed by atoms with E-state index in [2.05, 4.69) is 15.6 Å². The minimum Gasteiger partial charge on any atom is -0.497 e. The van der Waals surface area contributed by atoms with Crippen LogP contribution in [0.5, 0.6) is 5.75 Å². The maximum atomic E-state index is 12.3. The summed E-state index contributed by atoms with van der Waals surface area (Å²) >= 11 is 12.7. The van der Waals surface area contributed by atoms with E-state index in [4.69, 9.17) is 28.6 Å². The number of halogens is 1. The molecule has 0 bridgehead atoms. The summed E-state index contributed by atoms with van der Waals surface area (Å²) in [6.45, 7) is 1.91. The Bertz CT molecular complexity index is 987. The summed E-state index contributed by atoms with van der Waals surface area (Å²) in [5.74, 6) is 0.412. The van der Waals surface area contributed by atoms with E-state index in [0.29, 0.717) is 15.7 Å². The zero-order chi connectivity index (χ0) is 19.4. The molecule has 0 atom stereocenters. The van der Waals surface area contributed by atoms with E-state index in [9.17, 15) is 4.79 Å². The summed E-state index contributed by atoms with van der Waals surface area (Å²) in [5, 5.41) is 8.57. The van der Waals surface area contributed by atoms with E-state index in [1.807, 2.05) is 42.6 Å². The number of hydrogen-bond donors (Lipinski definition) is 2. The number of hydrogen-bond acceptors (Lipinski definition) is 5. The van der Waals surface area contributed by atoms with Gasteiger partial charge in [-0.3, -0.25) is 10.1 Å². The Balaban J connectivity index is 1.64. The molecule has 0 saturated heterocycles. The number of methoxy groups -OCH3 is 1. The van der Waals surface area contributed by atoms with Crippen LogP contribution < -0.4 is 15.4 Å². The van der Waals surface area contributed by atoms with Crippen molar-refractivity contribution in [3.8, 4) is 17.0 Å². The molecule has 0 saturated carbocycles. The topological polar surface area (TPSA) is 63.2 Å². The molecule has 3 rings (SSSR count). The number of benzene rings is 2. The van der Waals surface area contributed by atoms with Gasteiger partial charge in [-0.25, -0.2) is 4.98 Å². The van der Waals surface area contributed by atoms with Crippen molar-refractivity contribution in [1.29, 1.82) is 0 Å². The zero-order valence-electron chi connectivity index (χ0n) is 14.6. The van der Waals surface area contributed by atoms with E-state index in [-0.39, 0.29) is 11.0 Å². The van der Waals surface area contributed by atoms with Crippen molar-refractivity contribution in [2.24, 2.45) is 0 Å². The lowest BCUT2D eigenvalue weighted by molar-refractivity contribution is 0.0978. The second-order valence-electron chi connectivity index (χ2n) is 5.66. The van der Waals surface area contributed by atoms with Crippen LogP contribution in [0, 0.1) is 6.92 Å². The average Bonchev–Trinajstić information content (AvgIpc) is 3.09. The van der Waals surface area contributed by atoms with Gasteiger partial charge in [-0.1, -0.05) is 17.7 Å². The van der Waals surface area contributed by atoms with Crippen LogP contribution in [0.15, 0.2) is 47.8 Å². The molecule has 138 valence electrons.